The smallest absolute Gasteiger partial charge is 0.347 e. The standard InChI is InChI=1S/C10H16O4/c1-4-6-7-10(3,9(12)13)14-8(11)5-2/h5H,2,4,6-7H2,1,3H3,(H,12,13). The van der Waals surface area contributed by atoms with E-state index < -0.39 is 17.5 Å². The van der Waals surface area contributed by atoms with Gasteiger partial charge in [0.05, 0.1) is 0 Å². The molecule has 1 unspecified atom stereocenters. The highest BCUT2D eigenvalue weighted by Crippen LogP contribution is 2.19. The molecule has 0 rings (SSSR count). The van der Waals surface area contributed by atoms with Gasteiger partial charge in [-0.05, 0) is 19.8 Å². The van der Waals surface area contributed by atoms with Crippen molar-refractivity contribution in [3.8, 4) is 0 Å². The fourth-order valence-corrected chi connectivity index (χ4v) is 0.979. The lowest BCUT2D eigenvalue weighted by Gasteiger charge is -2.24. The van der Waals surface area contributed by atoms with Crippen LogP contribution >= 0.6 is 0 Å². The average Bonchev–Trinajstić information content (AvgIpc) is 2.14. The highest BCUT2D eigenvalue weighted by Gasteiger charge is 2.36. The number of aliphatic carboxylic acids is 1. The van der Waals surface area contributed by atoms with Crippen molar-refractivity contribution < 1.29 is 19.4 Å². The molecule has 0 heterocycles. The van der Waals surface area contributed by atoms with Crippen molar-refractivity contribution >= 4 is 11.9 Å². The molecular weight excluding hydrogens is 184 g/mol. The van der Waals surface area contributed by atoms with Gasteiger partial charge in [0.15, 0.2) is 0 Å². The first-order valence-electron chi connectivity index (χ1n) is 4.55. The van der Waals surface area contributed by atoms with E-state index in [1.54, 1.807) is 0 Å². The van der Waals surface area contributed by atoms with Gasteiger partial charge in [0, 0.05) is 6.08 Å². The Morgan fingerprint density at radius 2 is 2.14 bits per heavy atom. The number of ether oxygens (including phenoxy) is 1. The van der Waals surface area contributed by atoms with Crippen LogP contribution in [0.4, 0.5) is 0 Å². The maximum Gasteiger partial charge on any atom is 0.347 e. The van der Waals surface area contributed by atoms with Crippen molar-refractivity contribution in [3.63, 3.8) is 0 Å². The Bertz CT molecular complexity index is 234. The van der Waals surface area contributed by atoms with E-state index in [4.69, 9.17) is 9.84 Å². The van der Waals surface area contributed by atoms with E-state index in [1.165, 1.54) is 6.92 Å². The lowest BCUT2D eigenvalue weighted by atomic mass is 9.99. The van der Waals surface area contributed by atoms with Crippen LogP contribution in [0.3, 0.4) is 0 Å². The zero-order chi connectivity index (χ0) is 11.2. The van der Waals surface area contributed by atoms with E-state index in [0.717, 1.165) is 12.5 Å². The molecule has 0 amide bonds. The molecule has 0 aliphatic rings. The molecule has 4 nitrogen and oxygen atoms in total. The number of carbonyl (C=O) groups is 2. The lowest BCUT2D eigenvalue weighted by Crippen LogP contribution is -2.39. The van der Waals surface area contributed by atoms with Crippen molar-refractivity contribution in [2.24, 2.45) is 0 Å². The Labute approximate surface area is 83.6 Å². The topological polar surface area (TPSA) is 63.6 Å². The van der Waals surface area contributed by atoms with Crippen molar-refractivity contribution in [2.45, 2.75) is 38.7 Å². The van der Waals surface area contributed by atoms with E-state index >= 15 is 0 Å². The third kappa shape index (κ3) is 3.60. The fourth-order valence-electron chi connectivity index (χ4n) is 0.979. The minimum Gasteiger partial charge on any atom is -0.478 e. The summed E-state index contributed by atoms with van der Waals surface area (Å²) >= 11 is 0. The molecule has 0 fully saturated rings. The summed E-state index contributed by atoms with van der Waals surface area (Å²) in [6, 6.07) is 0. The van der Waals surface area contributed by atoms with Gasteiger partial charge in [-0.1, -0.05) is 19.9 Å². The molecule has 0 aliphatic carbocycles. The third-order valence-corrected chi connectivity index (χ3v) is 1.95. The molecule has 0 spiro atoms. The van der Waals surface area contributed by atoms with Crippen molar-refractivity contribution in [1.82, 2.24) is 0 Å². The zero-order valence-corrected chi connectivity index (χ0v) is 8.58. The fraction of sp³-hybridized carbons (Fsp3) is 0.600. The first-order valence-corrected chi connectivity index (χ1v) is 4.55. The molecule has 14 heavy (non-hydrogen) atoms. The monoisotopic (exact) mass is 200 g/mol. The van der Waals surface area contributed by atoms with E-state index in [-0.39, 0.29) is 0 Å². The molecule has 0 aromatic heterocycles. The summed E-state index contributed by atoms with van der Waals surface area (Å²) in [6.45, 7) is 6.55. The minimum atomic E-state index is -1.43. The van der Waals surface area contributed by atoms with Crippen LogP contribution in [0.1, 0.15) is 33.1 Å². The number of carboxylic acids is 1. The van der Waals surface area contributed by atoms with Gasteiger partial charge in [0.1, 0.15) is 0 Å². The van der Waals surface area contributed by atoms with E-state index in [9.17, 15) is 9.59 Å². The molecule has 0 bridgehead atoms. The predicted molar refractivity (Wildman–Crippen MR) is 51.9 cm³/mol. The van der Waals surface area contributed by atoms with Crippen LogP contribution < -0.4 is 0 Å². The Kier molecular flexibility index (Phi) is 4.91. The third-order valence-electron chi connectivity index (χ3n) is 1.95. The van der Waals surface area contributed by atoms with Crippen LogP contribution in [-0.4, -0.2) is 22.6 Å². The number of carboxylic acid groups (broad SMARTS) is 1. The molecule has 4 heteroatoms. The van der Waals surface area contributed by atoms with Crippen LogP contribution in [0.2, 0.25) is 0 Å². The molecule has 0 aliphatic heterocycles. The highest BCUT2D eigenvalue weighted by atomic mass is 16.6. The maximum absolute atomic E-state index is 10.9. The SMILES string of the molecule is C=CC(=O)OC(C)(CCCC)C(=O)O. The van der Waals surface area contributed by atoms with Gasteiger partial charge in [-0.2, -0.15) is 0 Å². The summed E-state index contributed by atoms with van der Waals surface area (Å²) in [4.78, 5) is 21.8. The number of hydrogen-bond acceptors (Lipinski definition) is 3. The first-order chi connectivity index (χ1) is 6.46. The summed E-state index contributed by atoms with van der Waals surface area (Å²) in [5.74, 6) is -1.83. The van der Waals surface area contributed by atoms with Crippen LogP contribution in [0.5, 0.6) is 0 Å². The average molecular weight is 200 g/mol. The highest BCUT2D eigenvalue weighted by molar-refractivity contribution is 5.86. The second kappa shape index (κ2) is 5.42. The number of carbonyl (C=O) groups excluding carboxylic acids is 1. The number of esters is 1. The van der Waals surface area contributed by atoms with E-state index in [1.807, 2.05) is 6.92 Å². The Balaban J connectivity index is 4.46. The van der Waals surface area contributed by atoms with Gasteiger partial charge in [-0.25, -0.2) is 9.59 Å². The van der Waals surface area contributed by atoms with Crippen LogP contribution in [-0.2, 0) is 14.3 Å². The molecular formula is C10H16O4. The van der Waals surface area contributed by atoms with E-state index in [2.05, 4.69) is 6.58 Å². The van der Waals surface area contributed by atoms with Crippen LogP contribution in [0.25, 0.3) is 0 Å². The summed E-state index contributed by atoms with van der Waals surface area (Å²) in [6.07, 6.45) is 2.84. The molecule has 1 atom stereocenters. The molecule has 80 valence electrons. The Morgan fingerprint density at radius 3 is 2.50 bits per heavy atom. The molecule has 0 saturated carbocycles. The van der Waals surface area contributed by atoms with Gasteiger partial charge in [-0.3, -0.25) is 0 Å². The maximum atomic E-state index is 10.9. The molecule has 0 aromatic carbocycles. The van der Waals surface area contributed by atoms with Crippen molar-refractivity contribution in [2.75, 3.05) is 0 Å². The normalized spacial score (nSPS) is 14.1. The van der Waals surface area contributed by atoms with Crippen molar-refractivity contribution in [3.05, 3.63) is 12.7 Å². The molecule has 0 saturated heterocycles. The van der Waals surface area contributed by atoms with E-state index in [0.29, 0.717) is 12.8 Å². The summed E-state index contributed by atoms with van der Waals surface area (Å²) in [7, 11) is 0. The quantitative estimate of drug-likeness (QED) is 0.524. The number of unbranched alkanes of at least 4 members (excludes halogenated alkanes) is 1. The van der Waals surface area contributed by atoms with Crippen LogP contribution in [0.15, 0.2) is 12.7 Å². The lowest BCUT2D eigenvalue weighted by molar-refractivity contribution is -0.174. The summed E-state index contributed by atoms with van der Waals surface area (Å²) in [5.41, 5.74) is -1.43. The molecule has 0 aromatic rings. The van der Waals surface area contributed by atoms with Gasteiger partial charge < -0.3 is 9.84 Å². The second-order valence-electron chi connectivity index (χ2n) is 3.26. The first kappa shape index (κ1) is 12.7. The Hall–Kier alpha value is -1.32. The van der Waals surface area contributed by atoms with Gasteiger partial charge in [0.25, 0.3) is 0 Å². The second-order valence-corrected chi connectivity index (χ2v) is 3.26. The van der Waals surface area contributed by atoms with Gasteiger partial charge in [-0.15, -0.1) is 0 Å². The number of hydrogen-bond donors (Lipinski definition) is 1. The number of rotatable bonds is 6. The summed E-state index contributed by atoms with van der Waals surface area (Å²) in [5, 5.41) is 8.89. The van der Waals surface area contributed by atoms with Gasteiger partial charge in [0.2, 0.25) is 5.60 Å². The molecule has 1 N–H and O–H groups in total. The predicted octanol–water partition coefficient (Wildman–Crippen LogP) is 1.75. The zero-order valence-electron chi connectivity index (χ0n) is 8.58. The Morgan fingerprint density at radius 1 is 1.57 bits per heavy atom. The van der Waals surface area contributed by atoms with Crippen LogP contribution in [0, 0.1) is 0 Å². The molecule has 0 radical (unpaired) electrons. The largest absolute Gasteiger partial charge is 0.478 e. The van der Waals surface area contributed by atoms with Crippen molar-refractivity contribution in [1.29, 1.82) is 0 Å². The summed E-state index contributed by atoms with van der Waals surface area (Å²) < 4.78 is 4.79. The van der Waals surface area contributed by atoms with Gasteiger partial charge >= 0.3 is 11.9 Å². The minimum absolute atomic E-state index is 0.318.